The maximum Gasteiger partial charge on any atom is 0.277 e. The summed E-state index contributed by atoms with van der Waals surface area (Å²) in [7, 11) is 0. The fourth-order valence-corrected chi connectivity index (χ4v) is 3.83. The minimum atomic E-state index is -0.344. The molecule has 10 heteroatoms. The maximum absolute atomic E-state index is 12.5. The van der Waals surface area contributed by atoms with E-state index in [-0.39, 0.29) is 11.6 Å². The van der Waals surface area contributed by atoms with Crippen LogP contribution in [0.15, 0.2) is 82.8 Å². The molecule has 0 bridgehead atoms. The number of pyridine rings is 1. The zero-order chi connectivity index (χ0) is 23.3. The minimum Gasteiger partial charge on any atom is -0.355 e. The van der Waals surface area contributed by atoms with Gasteiger partial charge < -0.3 is 20.5 Å². The van der Waals surface area contributed by atoms with Crippen LogP contribution >= 0.6 is 11.3 Å². The highest BCUT2D eigenvalue weighted by Crippen LogP contribution is 2.26. The van der Waals surface area contributed by atoms with Gasteiger partial charge in [-0.25, -0.2) is 15.0 Å². The van der Waals surface area contributed by atoms with Crippen molar-refractivity contribution in [1.29, 1.82) is 0 Å². The predicted molar refractivity (Wildman–Crippen MR) is 132 cm³/mol. The van der Waals surface area contributed by atoms with Gasteiger partial charge in [0.1, 0.15) is 23.3 Å². The number of anilines is 5. The van der Waals surface area contributed by atoms with E-state index in [2.05, 4.69) is 36.1 Å². The average molecular weight is 470 g/mol. The topological polar surface area (TPSA) is 118 Å². The van der Waals surface area contributed by atoms with Gasteiger partial charge in [-0.1, -0.05) is 17.3 Å². The summed E-state index contributed by atoms with van der Waals surface area (Å²) in [6.45, 7) is 1.82. The van der Waals surface area contributed by atoms with Gasteiger partial charge in [-0.2, -0.15) is 0 Å². The van der Waals surface area contributed by atoms with Crippen molar-refractivity contribution in [2.45, 2.75) is 6.92 Å². The summed E-state index contributed by atoms with van der Waals surface area (Å²) in [4.78, 5) is 26.5. The molecular weight excluding hydrogens is 450 g/mol. The first-order chi connectivity index (χ1) is 16.6. The lowest BCUT2D eigenvalue weighted by molar-refractivity contribution is 0.101. The predicted octanol–water partition coefficient (Wildman–Crippen LogP) is 5.64. The monoisotopic (exact) mass is 469 g/mol. The van der Waals surface area contributed by atoms with Crippen LogP contribution in [-0.4, -0.2) is 26.0 Å². The Bertz CT molecular complexity index is 1400. The van der Waals surface area contributed by atoms with E-state index in [0.717, 1.165) is 10.6 Å². The molecule has 1 aromatic carbocycles. The molecule has 0 radical (unpaired) electrons. The number of nitrogens with zero attached hydrogens (tertiary/aromatic N) is 4. The van der Waals surface area contributed by atoms with E-state index in [4.69, 9.17) is 4.52 Å². The molecule has 1 amide bonds. The van der Waals surface area contributed by atoms with Crippen LogP contribution in [0.4, 0.5) is 28.8 Å². The summed E-state index contributed by atoms with van der Waals surface area (Å²) < 4.78 is 5.28. The molecule has 0 saturated heterocycles. The second kappa shape index (κ2) is 9.51. The van der Waals surface area contributed by atoms with E-state index < -0.39 is 0 Å². The molecule has 0 aliphatic rings. The van der Waals surface area contributed by atoms with Crippen molar-refractivity contribution in [2.75, 3.05) is 16.0 Å². The standard InChI is InChI=1S/C24H19N7O2S/c1-15-26-22(14-23(27-15)30-21-6-2-3-11-25-21)28-16-7-9-17(10-8-16)29-24(32)18-13-19(33-31-18)20-5-4-12-34-20/h2-14H,1H3,(H,29,32)(H2,25,26,27,28,30). The van der Waals surface area contributed by atoms with Gasteiger partial charge in [0.05, 0.1) is 4.88 Å². The van der Waals surface area contributed by atoms with Crippen molar-refractivity contribution in [1.82, 2.24) is 20.1 Å². The molecule has 9 nitrogen and oxygen atoms in total. The highest BCUT2D eigenvalue weighted by molar-refractivity contribution is 7.13. The summed E-state index contributed by atoms with van der Waals surface area (Å²) in [6, 6.07) is 20.1. The Morgan fingerprint density at radius 2 is 1.68 bits per heavy atom. The van der Waals surface area contributed by atoms with Crippen LogP contribution in [0.1, 0.15) is 16.3 Å². The van der Waals surface area contributed by atoms with Crippen molar-refractivity contribution in [3.05, 3.63) is 89.8 Å². The van der Waals surface area contributed by atoms with Crippen LogP contribution in [0.2, 0.25) is 0 Å². The number of rotatable bonds is 7. The maximum atomic E-state index is 12.5. The number of nitrogens with one attached hydrogen (secondary N) is 3. The Morgan fingerprint density at radius 1 is 0.882 bits per heavy atom. The average Bonchev–Trinajstić information content (AvgIpc) is 3.53. The zero-order valence-electron chi connectivity index (χ0n) is 18.0. The van der Waals surface area contributed by atoms with E-state index >= 15 is 0 Å². The van der Waals surface area contributed by atoms with E-state index in [0.29, 0.717) is 34.7 Å². The van der Waals surface area contributed by atoms with Crippen LogP contribution in [-0.2, 0) is 0 Å². The Labute approximate surface area is 198 Å². The summed E-state index contributed by atoms with van der Waals surface area (Å²) in [5, 5.41) is 15.1. The molecule has 0 aliphatic carbocycles. The molecule has 0 unspecified atom stereocenters. The van der Waals surface area contributed by atoms with Crippen molar-refractivity contribution in [2.24, 2.45) is 0 Å². The van der Waals surface area contributed by atoms with Crippen molar-refractivity contribution in [3.8, 4) is 10.6 Å². The number of hydrogen-bond acceptors (Lipinski definition) is 9. The van der Waals surface area contributed by atoms with Crippen LogP contribution in [0.3, 0.4) is 0 Å². The Hall–Kier alpha value is -4.57. The molecule has 4 heterocycles. The van der Waals surface area contributed by atoms with Crippen LogP contribution in [0.5, 0.6) is 0 Å². The molecule has 0 fully saturated rings. The minimum absolute atomic E-state index is 0.218. The summed E-state index contributed by atoms with van der Waals surface area (Å²) in [6.07, 6.45) is 1.71. The molecule has 0 saturated carbocycles. The van der Waals surface area contributed by atoms with Gasteiger partial charge in [0, 0.05) is 29.7 Å². The zero-order valence-corrected chi connectivity index (χ0v) is 18.8. The highest BCUT2D eigenvalue weighted by atomic mass is 32.1. The van der Waals surface area contributed by atoms with Crippen molar-refractivity contribution >= 4 is 46.1 Å². The smallest absolute Gasteiger partial charge is 0.277 e. The first-order valence-electron chi connectivity index (χ1n) is 10.4. The van der Waals surface area contributed by atoms with Crippen molar-refractivity contribution < 1.29 is 9.32 Å². The normalized spacial score (nSPS) is 10.6. The van der Waals surface area contributed by atoms with Crippen LogP contribution in [0, 0.1) is 6.92 Å². The van der Waals surface area contributed by atoms with Gasteiger partial charge in [-0.05, 0) is 54.8 Å². The fourth-order valence-electron chi connectivity index (χ4n) is 3.16. The second-order valence-electron chi connectivity index (χ2n) is 7.24. The lowest BCUT2D eigenvalue weighted by Crippen LogP contribution is -2.12. The number of thiophene rings is 1. The third-order valence-electron chi connectivity index (χ3n) is 4.68. The van der Waals surface area contributed by atoms with Gasteiger partial charge in [-0.3, -0.25) is 4.79 Å². The quantitative estimate of drug-likeness (QED) is 0.280. The Kier molecular flexibility index (Phi) is 5.95. The molecule has 34 heavy (non-hydrogen) atoms. The third-order valence-corrected chi connectivity index (χ3v) is 5.57. The molecule has 5 aromatic rings. The van der Waals surface area contributed by atoms with E-state index in [1.54, 1.807) is 30.5 Å². The van der Waals surface area contributed by atoms with Gasteiger partial charge in [-0.15, -0.1) is 11.3 Å². The lowest BCUT2D eigenvalue weighted by atomic mass is 10.2. The van der Waals surface area contributed by atoms with Crippen molar-refractivity contribution in [3.63, 3.8) is 0 Å². The summed E-state index contributed by atoms with van der Waals surface area (Å²) in [5.74, 6) is 2.79. The number of carbonyl (C=O) groups is 1. The van der Waals surface area contributed by atoms with Gasteiger partial charge >= 0.3 is 0 Å². The number of aryl methyl sites for hydroxylation is 1. The van der Waals surface area contributed by atoms with Crippen LogP contribution < -0.4 is 16.0 Å². The second-order valence-corrected chi connectivity index (χ2v) is 8.18. The molecule has 0 atom stereocenters. The molecule has 5 rings (SSSR count). The third kappa shape index (κ3) is 5.08. The Morgan fingerprint density at radius 3 is 2.41 bits per heavy atom. The molecule has 3 N–H and O–H groups in total. The summed E-state index contributed by atoms with van der Waals surface area (Å²) in [5.41, 5.74) is 1.66. The number of aromatic nitrogens is 4. The van der Waals surface area contributed by atoms with E-state index in [1.807, 2.05) is 54.8 Å². The SMILES string of the molecule is Cc1nc(Nc2ccc(NC(=O)c3cc(-c4cccs4)on3)cc2)cc(Nc2ccccn2)n1. The lowest BCUT2D eigenvalue weighted by Gasteiger charge is -2.10. The highest BCUT2D eigenvalue weighted by Gasteiger charge is 2.14. The van der Waals surface area contributed by atoms with Gasteiger partial charge in [0.2, 0.25) is 0 Å². The first-order valence-corrected chi connectivity index (χ1v) is 11.2. The van der Waals surface area contributed by atoms with Gasteiger partial charge in [0.25, 0.3) is 5.91 Å². The largest absolute Gasteiger partial charge is 0.355 e. The number of hydrogen-bond donors (Lipinski definition) is 3. The van der Waals surface area contributed by atoms with E-state index in [1.165, 1.54) is 11.3 Å². The molecule has 0 spiro atoms. The molecule has 168 valence electrons. The molecule has 0 aliphatic heterocycles. The summed E-state index contributed by atoms with van der Waals surface area (Å²) >= 11 is 1.52. The number of amides is 1. The number of benzene rings is 1. The van der Waals surface area contributed by atoms with Gasteiger partial charge in [0.15, 0.2) is 11.5 Å². The number of carbonyl (C=O) groups excluding carboxylic acids is 1. The fraction of sp³-hybridized carbons (Fsp3) is 0.0417. The molecular formula is C24H19N7O2S. The van der Waals surface area contributed by atoms with Crippen LogP contribution in [0.25, 0.3) is 10.6 Å². The molecule has 4 aromatic heterocycles. The Balaban J connectivity index is 1.23. The first kappa shape index (κ1) is 21.3. The van der Waals surface area contributed by atoms with E-state index in [9.17, 15) is 4.79 Å².